The van der Waals surface area contributed by atoms with Gasteiger partial charge in [-0.05, 0) is 64.2 Å². The summed E-state index contributed by atoms with van der Waals surface area (Å²) in [6.07, 6.45) is 2.78. The molecule has 9 nitrogen and oxygen atoms in total. The molecule has 0 bridgehead atoms. The van der Waals surface area contributed by atoms with Crippen molar-refractivity contribution in [2.24, 2.45) is 0 Å². The number of unbranched alkanes of at least 4 members (excludes halogenated alkanes) is 2. The number of hydrogen-bond acceptors (Lipinski definition) is 6. The number of aliphatic hydroxyl groups is 1. The summed E-state index contributed by atoms with van der Waals surface area (Å²) in [6, 6.07) is 3.35. The molecule has 11 heteroatoms. The molecule has 1 saturated heterocycles. The van der Waals surface area contributed by atoms with Crippen molar-refractivity contribution in [3.63, 3.8) is 0 Å². The minimum atomic E-state index is -3.58. The van der Waals surface area contributed by atoms with Crippen LogP contribution in [0.4, 0.5) is 9.18 Å². The van der Waals surface area contributed by atoms with E-state index in [1.807, 2.05) is 0 Å². The number of imide groups is 1. The van der Waals surface area contributed by atoms with E-state index >= 15 is 0 Å². The molecule has 0 aromatic heterocycles. The van der Waals surface area contributed by atoms with Crippen LogP contribution in [-0.4, -0.2) is 60.9 Å². The highest BCUT2D eigenvalue weighted by Crippen LogP contribution is 2.47. The maximum atomic E-state index is 14.1. The van der Waals surface area contributed by atoms with Crippen LogP contribution in [0.2, 0.25) is 0 Å². The van der Waals surface area contributed by atoms with E-state index in [1.165, 1.54) is 17.0 Å². The molecule has 2 fully saturated rings. The lowest BCUT2D eigenvalue weighted by molar-refractivity contribution is -0.121. The number of urea groups is 1. The molecular weight excluding hydrogens is 453 g/mol. The summed E-state index contributed by atoms with van der Waals surface area (Å²) in [6.45, 7) is 5.04. The number of carbonyl (C=O) groups is 2. The topological polar surface area (TPSA) is 125 Å². The highest BCUT2D eigenvalue weighted by molar-refractivity contribution is 7.89. The number of ether oxygens (including phenoxy) is 1. The molecule has 0 radical (unpaired) electrons. The summed E-state index contributed by atoms with van der Waals surface area (Å²) in [4.78, 5) is 24.6. The van der Waals surface area contributed by atoms with Crippen LogP contribution in [0, 0.1) is 5.82 Å². The van der Waals surface area contributed by atoms with Crippen molar-refractivity contribution in [3.8, 4) is 5.75 Å². The van der Waals surface area contributed by atoms with Crippen LogP contribution in [0.1, 0.15) is 58.4 Å². The van der Waals surface area contributed by atoms with Crippen LogP contribution in [0.5, 0.6) is 5.75 Å². The lowest BCUT2D eigenvalue weighted by Crippen LogP contribution is -2.36. The summed E-state index contributed by atoms with van der Waals surface area (Å²) in [5.74, 6) is -1.00. The van der Waals surface area contributed by atoms with Crippen molar-refractivity contribution in [3.05, 3.63) is 29.6 Å². The molecule has 3 amide bonds. The van der Waals surface area contributed by atoms with Crippen LogP contribution < -0.4 is 14.8 Å². The van der Waals surface area contributed by atoms with E-state index in [1.54, 1.807) is 26.8 Å². The lowest BCUT2D eigenvalue weighted by Gasteiger charge is -2.21. The van der Waals surface area contributed by atoms with Gasteiger partial charge in [0.1, 0.15) is 12.6 Å². The van der Waals surface area contributed by atoms with Gasteiger partial charge in [0.05, 0.1) is 16.9 Å². The first kappa shape index (κ1) is 25.4. The molecule has 1 aromatic rings. The summed E-state index contributed by atoms with van der Waals surface area (Å²) in [7, 11) is -3.58. The predicted molar refractivity (Wildman–Crippen MR) is 120 cm³/mol. The number of halogens is 1. The fourth-order valence-corrected chi connectivity index (χ4v) is 5.34. The van der Waals surface area contributed by atoms with Gasteiger partial charge >= 0.3 is 6.03 Å². The summed E-state index contributed by atoms with van der Waals surface area (Å²) in [5, 5.41) is 12.1. The Morgan fingerprint density at radius 2 is 1.97 bits per heavy atom. The normalized spacial score (nSPS) is 20.2. The monoisotopic (exact) mass is 485 g/mol. The van der Waals surface area contributed by atoms with Gasteiger partial charge in [0.2, 0.25) is 10.0 Å². The Morgan fingerprint density at radius 3 is 2.55 bits per heavy atom. The largest absolute Gasteiger partial charge is 0.488 e. The number of hydrogen-bond donors (Lipinski definition) is 3. The van der Waals surface area contributed by atoms with E-state index in [0.717, 1.165) is 0 Å². The lowest BCUT2D eigenvalue weighted by atomic mass is 10.1. The van der Waals surface area contributed by atoms with Crippen LogP contribution in [0.15, 0.2) is 18.2 Å². The van der Waals surface area contributed by atoms with Gasteiger partial charge in [-0.3, -0.25) is 10.1 Å². The van der Waals surface area contributed by atoms with E-state index in [9.17, 15) is 27.5 Å². The van der Waals surface area contributed by atoms with Crippen molar-refractivity contribution in [2.75, 3.05) is 18.9 Å². The number of nitrogens with zero attached hydrogens (tertiary/aromatic N) is 1. The molecule has 1 aliphatic carbocycles. The van der Waals surface area contributed by atoms with Gasteiger partial charge in [-0.2, -0.15) is 0 Å². The third-order valence-corrected chi connectivity index (χ3v) is 7.34. The van der Waals surface area contributed by atoms with Gasteiger partial charge in [0.25, 0.3) is 5.91 Å². The molecule has 3 N–H and O–H groups in total. The molecule has 0 unspecified atom stereocenters. The molecule has 1 aromatic carbocycles. The third-order valence-electron chi connectivity index (χ3n) is 5.82. The minimum absolute atomic E-state index is 0.0289. The Bertz CT molecular complexity index is 1000. The van der Waals surface area contributed by atoms with Gasteiger partial charge in [-0.1, -0.05) is 12.5 Å². The number of carbonyl (C=O) groups excluding carboxylic acids is 2. The van der Waals surface area contributed by atoms with Crippen molar-refractivity contribution in [1.82, 2.24) is 14.9 Å². The standard InChI is InChI=1S/C22H32FN3O6S/c1-15-19(27)24-20(28)26(15)11-5-4-6-12-33(30,31)25-22(9-10-22)16-7-8-17(23)18(13-16)32-14-21(2,3)29/h7-8,13,15,25,29H,4-6,9-12,14H2,1-3H3,(H,24,27,28)/t15-/m1/s1. The Morgan fingerprint density at radius 1 is 1.27 bits per heavy atom. The first-order valence-electron chi connectivity index (χ1n) is 11.1. The van der Waals surface area contributed by atoms with Gasteiger partial charge in [-0.15, -0.1) is 0 Å². The predicted octanol–water partition coefficient (Wildman–Crippen LogP) is 1.99. The quantitative estimate of drug-likeness (QED) is 0.307. The van der Waals surface area contributed by atoms with E-state index in [4.69, 9.17) is 4.74 Å². The maximum Gasteiger partial charge on any atom is 0.324 e. The van der Waals surface area contributed by atoms with Gasteiger partial charge in [0, 0.05) is 6.54 Å². The summed E-state index contributed by atoms with van der Waals surface area (Å²) < 4.78 is 47.6. The van der Waals surface area contributed by atoms with Crippen molar-refractivity contribution in [1.29, 1.82) is 0 Å². The number of sulfonamides is 1. The second kappa shape index (κ2) is 9.55. The zero-order valence-corrected chi connectivity index (χ0v) is 20.0. The third kappa shape index (κ3) is 6.64. The molecule has 3 rings (SSSR count). The van der Waals surface area contributed by atoms with E-state index in [0.29, 0.717) is 44.2 Å². The molecule has 0 spiro atoms. The average Bonchev–Trinajstić information content (AvgIpc) is 3.43. The van der Waals surface area contributed by atoms with Gasteiger partial charge < -0.3 is 14.7 Å². The first-order chi connectivity index (χ1) is 15.3. The fourth-order valence-electron chi connectivity index (χ4n) is 3.73. The summed E-state index contributed by atoms with van der Waals surface area (Å²) in [5.41, 5.74) is -1.28. The molecule has 184 valence electrons. The zero-order chi connectivity index (χ0) is 24.4. The second-order valence-electron chi connectivity index (χ2n) is 9.47. The zero-order valence-electron chi connectivity index (χ0n) is 19.2. The van der Waals surface area contributed by atoms with E-state index < -0.39 is 39.1 Å². The SMILES string of the molecule is C[C@@H]1C(=O)NC(=O)N1CCCCCS(=O)(=O)NC1(c2ccc(F)c(OCC(C)(C)O)c2)CC1. The summed E-state index contributed by atoms with van der Waals surface area (Å²) >= 11 is 0. The van der Waals surface area contributed by atoms with Gasteiger partial charge in [0.15, 0.2) is 11.6 Å². The van der Waals surface area contributed by atoms with Crippen molar-refractivity contribution in [2.45, 2.75) is 70.1 Å². The maximum absolute atomic E-state index is 14.1. The number of benzene rings is 1. The smallest absolute Gasteiger partial charge is 0.324 e. The number of nitrogens with one attached hydrogen (secondary N) is 2. The molecular formula is C22H32FN3O6S. The Hall–Kier alpha value is -2.24. The van der Waals surface area contributed by atoms with E-state index in [2.05, 4.69) is 10.0 Å². The second-order valence-corrected chi connectivity index (χ2v) is 11.3. The van der Waals surface area contributed by atoms with E-state index in [-0.39, 0.29) is 24.0 Å². The molecule has 1 heterocycles. The molecule has 1 atom stereocenters. The highest BCUT2D eigenvalue weighted by atomic mass is 32.2. The molecule has 1 saturated carbocycles. The average molecular weight is 486 g/mol. The molecule has 33 heavy (non-hydrogen) atoms. The minimum Gasteiger partial charge on any atom is -0.488 e. The van der Waals surface area contributed by atoms with Crippen molar-refractivity contribution < 1.29 is 32.2 Å². The first-order valence-corrected chi connectivity index (χ1v) is 12.8. The van der Waals surface area contributed by atoms with Crippen molar-refractivity contribution >= 4 is 22.0 Å². The Kier molecular flexibility index (Phi) is 7.35. The van der Waals surface area contributed by atoms with Crippen LogP contribution in [0.3, 0.4) is 0 Å². The number of amides is 3. The molecule has 2 aliphatic rings. The Labute approximate surface area is 193 Å². The highest BCUT2D eigenvalue weighted by Gasteiger charge is 2.47. The van der Waals surface area contributed by atoms with Gasteiger partial charge in [-0.25, -0.2) is 22.3 Å². The van der Waals surface area contributed by atoms with Crippen LogP contribution >= 0.6 is 0 Å². The molecule has 1 aliphatic heterocycles. The number of rotatable bonds is 12. The van der Waals surface area contributed by atoms with Crippen LogP contribution in [-0.2, 0) is 20.4 Å². The fraction of sp³-hybridized carbons (Fsp3) is 0.636. The Balaban J connectivity index is 1.51. The van der Waals surface area contributed by atoms with Crippen LogP contribution in [0.25, 0.3) is 0 Å².